The van der Waals surface area contributed by atoms with E-state index in [0.717, 1.165) is 24.6 Å². The van der Waals surface area contributed by atoms with Crippen LogP contribution < -0.4 is 5.32 Å². The molecule has 34 heavy (non-hydrogen) atoms. The molecule has 184 valence electrons. The zero-order valence-electron chi connectivity index (χ0n) is 20.1. The number of hydrogen-bond donors (Lipinski definition) is 1. The number of nitrogens with zero attached hydrogens (tertiary/aromatic N) is 2. The molecule has 1 saturated carbocycles. The predicted molar refractivity (Wildman–Crippen MR) is 132 cm³/mol. The van der Waals surface area contributed by atoms with Gasteiger partial charge in [-0.2, -0.15) is 4.31 Å². The van der Waals surface area contributed by atoms with Crippen molar-refractivity contribution in [1.29, 1.82) is 0 Å². The van der Waals surface area contributed by atoms with Crippen molar-refractivity contribution < 1.29 is 17.6 Å². The maximum atomic E-state index is 13.7. The summed E-state index contributed by atoms with van der Waals surface area (Å²) in [4.78, 5) is 14.7. The van der Waals surface area contributed by atoms with Gasteiger partial charge in [0.2, 0.25) is 15.9 Å². The Morgan fingerprint density at radius 1 is 1.03 bits per heavy atom. The largest absolute Gasteiger partial charge is 0.325 e. The van der Waals surface area contributed by atoms with Crippen molar-refractivity contribution in [2.45, 2.75) is 68.8 Å². The fraction of sp³-hybridized carbons (Fsp3) is 0.500. The Bertz CT molecular complexity index is 1120. The summed E-state index contributed by atoms with van der Waals surface area (Å²) in [6.45, 7) is 8.01. The van der Waals surface area contributed by atoms with Crippen LogP contribution in [0.5, 0.6) is 0 Å². The number of carbonyl (C=O) groups is 1. The van der Waals surface area contributed by atoms with Crippen molar-refractivity contribution in [3.05, 3.63) is 59.9 Å². The lowest BCUT2D eigenvalue weighted by molar-refractivity contribution is -0.117. The van der Waals surface area contributed by atoms with Gasteiger partial charge in [0.1, 0.15) is 5.82 Å². The first-order valence-corrected chi connectivity index (χ1v) is 13.4. The number of halogens is 1. The maximum absolute atomic E-state index is 13.7. The highest BCUT2D eigenvalue weighted by Gasteiger charge is 2.43. The van der Waals surface area contributed by atoms with Crippen LogP contribution in [0, 0.1) is 5.82 Å². The van der Waals surface area contributed by atoms with E-state index in [0.29, 0.717) is 25.9 Å². The lowest BCUT2D eigenvalue weighted by Crippen LogP contribution is -2.49. The minimum Gasteiger partial charge on any atom is -0.325 e. The third-order valence-electron chi connectivity index (χ3n) is 6.60. The number of likely N-dealkylation sites (tertiary alicyclic amines) is 1. The first-order valence-electron chi connectivity index (χ1n) is 12.0. The Morgan fingerprint density at radius 2 is 1.65 bits per heavy atom. The molecule has 6 nitrogen and oxygen atoms in total. The molecular formula is C26H34FN3O3S. The molecule has 0 atom stereocenters. The van der Waals surface area contributed by atoms with Crippen LogP contribution in [0.25, 0.3) is 0 Å². The van der Waals surface area contributed by atoms with Crippen LogP contribution in [0.15, 0.2) is 53.4 Å². The highest BCUT2D eigenvalue weighted by molar-refractivity contribution is 7.89. The van der Waals surface area contributed by atoms with Gasteiger partial charge in [0, 0.05) is 30.9 Å². The molecule has 1 N–H and O–H groups in total. The summed E-state index contributed by atoms with van der Waals surface area (Å²) in [5.74, 6) is -0.626. The molecule has 1 aliphatic carbocycles. The number of nitrogens with one attached hydrogen (secondary N) is 1. The van der Waals surface area contributed by atoms with Crippen molar-refractivity contribution in [3.63, 3.8) is 0 Å². The molecule has 1 heterocycles. The van der Waals surface area contributed by atoms with E-state index >= 15 is 0 Å². The Hall–Kier alpha value is -2.29. The maximum Gasteiger partial charge on any atom is 0.243 e. The average molecular weight is 488 g/mol. The molecule has 0 spiro atoms. The minimum atomic E-state index is -3.76. The van der Waals surface area contributed by atoms with E-state index in [1.54, 1.807) is 4.31 Å². The van der Waals surface area contributed by atoms with Crippen LogP contribution >= 0.6 is 0 Å². The Kier molecular flexibility index (Phi) is 7.12. The highest BCUT2D eigenvalue weighted by Crippen LogP contribution is 2.36. The SMILES string of the molecule is CC(C)(C)c1ccc(NC(=O)CN2CCC(N(C3CC3)S(=O)(=O)c3cccc(F)c3)CC2)cc1. The van der Waals surface area contributed by atoms with Gasteiger partial charge in [0.25, 0.3) is 0 Å². The van der Waals surface area contributed by atoms with E-state index in [9.17, 15) is 17.6 Å². The van der Waals surface area contributed by atoms with Gasteiger partial charge in [-0.15, -0.1) is 0 Å². The molecule has 0 radical (unpaired) electrons. The van der Waals surface area contributed by atoms with Crippen LogP contribution in [-0.2, 0) is 20.2 Å². The van der Waals surface area contributed by atoms with Gasteiger partial charge in [0.05, 0.1) is 11.4 Å². The van der Waals surface area contributed by atoms with Gasteiger partial charge in [-0.05, 0) is 67.0 Å². The summed E-state index contributed by atoms with van der Waals surface area (Å²) in [6.07, 6.45) is 2.98. The first-order chi connectivity index (χ1) is 16.0. The minimum absolute atomic E-state index is 0.0100. The topological polar surface area (TPSA) is 69.7 Å². The van der Waals surface area contributed by atoms with Gasteiger partial charge >= 0.3 is 0 Å². The standard InChI is InChI=1S/C26H34FN3O3S/c1-26(2,3)19-7-9-21(10-8-19)28-25(31)18-29-15-13-23(14-16-29)30(22-11-12-22)34(32,33)24-6-4-5-20(27)17-24/h4-10,17,22-23H,11-16,18H2,1-3H3,(H,28,31). The molecule has 2 fully saturated rings. The second-order valence-corrected chi connectivity index (χ2v) is 12.2. The third-order valence-corrected chi connectivity index (χ3v) is 8.60. The van der Waals surface area contributed by atoms with Crippen molar-refractivity contribution >= 4 is 21.6 Å². The molecule has 2 aliphatic rings. The predicted octanol–water partition coefficient (Wildman–Crippen LogP) is 4.38. The molecular weight excluding hydrogens is 453 g/mol. The molecule has 2 aromatic rings. The van der Waals surface area contributed by atoms with E-state index in [4.69, 9.17) is 0 Å². The summed E-state index contributed by atoms with van der Waals surface area (Å²) in [7, 11) is -3.76. The second kappa shape index (κ2) is 9.76. The monoisotopic (exact) mass is 487 g/mol. The molecule has 1 saturated heterocycles. The zero-order chi connectivity index (χ0) is 24.5. The Morgan fingerprint density at radius 3 is 2.21 bits per heavy atom. The molecule has 1 amide bonds. The number of sulfonamides is 1. The van der Waals surface area contributed by atoms with Crippen LogP contribution in [0.4, 0.5) is 10.1 Å². The van der Waals surface area contributed by atoms with Crippen molar-refractivity contribution in [3.8, 4) is 0 Å². The zero-order valence-corrected chi connectivity index (χ0v) is 20.9. The van der Waals surface area contributed by atoms with E-state index in [-0.39, 0.29) is 34.8 Å². The van der Waals surface area contributed by atoms with Crippen LogP contribution in [-0.4, -0.2) is 55.2 Å². The summed E-state index contributed by atoms with van der Waals surface area (Å²) in [5, 5.41) is 2.96. The Balaban J connectivity index is 1.33. The van der Waals surface area contributed by atoms with E-state index in [1.807, 2.05) is 24.3 Å². The number of benzene rings is 2. The number of hydrogen-bond acceptors (Lipinski definition) is 4. The van der Waals surface area contributed by atoms with Crippen molar-refractivity contribution in [2.24, 2.45) is 0 Å². The smallest absolute Gasteiger partial charge is 0.243 e. The van der Waals surface area contributed by atoms with Crippen LogP contribution in [0.1, 0.15) is 52.0 Å². The van der Waals surface area contributed by atoms with Crippen molar-refractivity contribution in [2.75, 3.05) is 25.0 Å². The van der Waals surface area contributed by atoms with Gasteiger partial charge in [-0.25, -0.2) is 12.8 Å². The number of rotatable bonds is 7. The Labute approximate surface area is 202 Å². The summed E-state index contributed by atoms with van der Waals surface area (Å²) >= 11 is 0. The second-order valence-electron chi connectivity index (χ2n) is 10.4. The third kappa shape index (κ3) is 5.85. The molecule has 1 aliphatic heterocycles. The number of anilines is 1. The number of amides is 1. The fourth-order valence-electron chi connectivity index (χ4n) is 4.56. The van der Waals surface area contributed by atoms with E-state index in [1.165, 1.54) is 23.8 Å². The molecule has 0 aromatic heterocycles. The molecule has 4 rings (SSSR count). The molecule has 0 unspecified atom stereocenters. The highest BCUT2D eigenvalue weighted by atomic mass is 32.2. The van der Waals surface area contributed by atoms with Crippen molar-refractivity contribution in [1.82, 2.24) is 9.21 Å². The normalized spacial score (nSPS) is 18.3. The average Bonchev–Trinajstić information content (AvgIpc) is 3.59. The lowest BCUT2D eigenvalue weighted by Gasteiger charge is -2.37. The number of carbonyl (C=O) groups excluding carboxylic acids is 1. The summed E-state index contributed by atoms with van der Waals surface area (Å²) < 4.78 is 41.9. The van der Waals surface area contributed by atoms with E-state index in [2.05, 4.69) is 31.0 Å². The van der Waals surface area contributed by atoms with E-state index < -0.39 is 15.8 Å². The molecule has 8 heteroatoms. The van der Waals surface area contributed by atoms with Gasteiger partial charge in [-0.3, -0.25) is 9.69 Å². The summed E-state index contributed by atoms with van der Waals surface area (Å²) in [6, 6.07) is 13.0. The van der Waals surface area contributed by atoms with Crippen LogP contribution in [0.2, 0.25) is 0 Å². The fourth-order valence-corrected chi connectivity index (χ4v) is 6.52. The first kappa shape index (κ1) is 24.8. The van der Waals surface area contributed by atoms with Gasteiger partial charge in [-0.1, -0.05) is 39.0 Å². The van der Waals surface area contributed by atoms with Crippen LogP contribution in [0.3, 0.4) is 0 Å². The van der Waals surface area contributed by atoms with Gasteiger partial charge in [0.15, 0.2) is 0 Å². The van der Waals surface area contributed by atoms with Gasteiger partial charge < -0.3 is 5.32 Å². The quantitative estimate of drug-likeness (QED) is 0.629. The summed E-state index contributed by atoms with van der Waals surface area (Å²) in [5.41, 5.74) is 2.04. The molecule has 2 aromatic carbocycles. The lowest BCUT2D eigenvalue weighted by atomic mass is 9.87. The molecule has 0 bridgehead atoms. The number of piperidine rings is 1.